The molecule has 3 fully saturated rings. The van der Waals surface area contributed by atoms with E-state index in [1.807, 2.05) is 12.1 Å². The van der Waals surface area contributed by atoms with E-state index in [0.29, 0.717) is 5.92 Å². The van der Waals surface area contributed by atoms with E-state index in [9.17, 15) is 5.11 Å². The summed E-state index contributed by atoms with van der Waals surface area (Å²) in [5.74, 6) is 3.98. The second-order valence-electron chi connectivity index (χ2n) is 7.20. The van der Waals surface area contributed by atoms with Gasteiger partial charge in [0.05, 0.1) is 12.7 Å². The van der Waals surface area contributed by atoms with Gasteiger partial charge in [-0.2, -0.15) is 0 Å². The molecule has 0 aromatic heterocycles. The molecule has 0 spiro atoms. The predicted octanol–water partition coefficient (Wildman–Crippen LogP) is 3.42. The van der Waals surface area contributed by atoms with E-state index < -0.39 is 5.60 Å². The zero-order valence-corrected chi connectivity index (χ0v) is 12.2. The summed E-state index contributed by atoms with van der Waals surface area (Å²) in [6.07, 6.45) is 7.26. The molecule has 2 bridgehead atoms. The maximum Gasteiger partial charge on any atom is 0.119 e. The largest absolute Gasteiger partial charge is 0.497 e. The van der Waals surface area contributed by atoms with Crippen LogP contribution in [0.2, 0.25) is 0 Å². The Balaban J connectivity index is 1.56. The molecule has 3 saturated carbocycles. The molecule has 4 rings (SSSR count). The van der Waals surface area contributed by atoms with E-state index in [4.69, 9.17) is 4.74 Å². The Labute approximate surface area is 121 Å². The van der Waals surface area contributed by atoms with Crippen LogP contribution in [0.4, 0.5) is 0 Å². The summed E-state index contributed by atoms with van der Waals surface area (Å²) in [4.78, 5) is 0. The first kappa shape index (κ1) is 12.7. The van der Waals surface area contributed by atoms with Crippen LogP contribution in [0.25, 0.3) is 0 Å². The van der Waals surface area contributed by atoms with Crippen LogP contribution >= 0.6 is 0 Å². The second kappa shape index (κ2) is 4.49. The third-order valence-corrected chi connectivity index (χ3v) is 6.25. The van der Waals surface area contributed by atoms with Gasteiger partial charge < -0.3 is 9.84 Å². The van der Waals surface area contributed by atoms with Crippen molar-refractivity contribution in [3.05, 3.63) is 29.8 Å². The van der Waals surface area contributed by atoms with Crippen molar-refractivity contribution in [1.29, 1.82) is 0 Å². The number of hydrogen-bond donors (Lipinski definition) is 1. The lowest BCUT2D eigenvalue weighted by molar-refractivity contribution is -0.0450. The van der Waals surface area contributed by atoms with Crippen LogP contribution in [-0.2, 0) is 6.42 Å². The van der Waals surface area contributed by atoms with Gasteiger partial charge in [0.25, 0.3) is 0 Å². The van der Waals surface area contributed by atoms with Crippen molar-refractivity contribution >= 4 is 0 Å². The molecular weight excluding hydrogens is 248 g/mol. The molecule has 0 amide bonds. The van der Waals surface area contributed by atoms with Crippen molar-refractivity contribution in [3.8, 4) is 5.75 Å². The Hall–Kier alpha value is -1.02. The van der Waals surface area contributed by atoms with Crippen molar-refractivity contribution in [2.45, 2.75) is 44.1 Å². The SMILES string of the molecule is COc1cccc(CC2(O)CC3CC2C2CCCC32)c1. The quantitative estimate of drug-likeness (QED) is 0.913. The average molecular weight is 272 g/mol. The van der Waals surface area contributed by atoms with Crippen molar-refractivity contribution in [1.82, 2.24) is 0 Å². The monoisotopic (exact) mass is 272 g/mol. The molecule has 1 N–H and O–H groups in total. The van der Waals surface area contributed by atoms with Crippen LogP contribution in [0.15, 0.2) is 24.3 Å². The highest BCUT2D eigenvalue weighted by Crippen LogP contribution is 2.62. The first-order chi connectivity index (χ1) is 9.69. The molecular formula is C18H24O2. The molecule has 0 heterocycles. The van der Waals surface area contributed by atoms with Gasteiger partial charge in [-0.15, -0.1) is 0 Å². The number of rotatable bonds is 3. The first-order valence-corrected chi connectivity index (χ1v) is 8.05. The van der Waals surface area contributed by atoms with Crippen LogP contribution in [-0.4, -0.2) is 17.8 Å². The van der Waals surface area contributed by atoms with Gasteiger partial charge in [-0.3, -0.25) is 0 Å². The Morgan fingerprint density at radius 3 is 3.00 bits per heavy atom. The number of methoxy groups -OCH3 is 1. The average Bonchev–Trinajstić information content (AvgIpc) is 3.09. The summed E-state index contributed by atoms with van der Waals surface area (Å²) in [5.41, 5.74) is 0.761. The van der Waals surface area contributed by atoms with E-state index in [2.05, 4.69) is 12.1 Å². The van der Waals surface area contributed by atoms with E-state index >= 15 is 0 Å². The fraction of sp³-hybridized carbons (Fsp3) is 0.667. The van der Waals surface area contributed by atoms with Gasteiger partial charge in [-0.1, -0.05) is 18.6 Å². The second-order valence-corrected chi connectivity index (χ2v) is 7.20. The normalized spacial score (nSPS) is 41.9. The molecule has 5 atom stereocenters. The van der Waals surface area contributed by atoms with E-state index in [1.165, 1.54) is 31.2 Å². The van der Waals surface area contributed by atoms with Gasteiger partial charge in [0, 0.05) is 6.42 Å². The van der Waals surface area contributed by atoms with Gasteiger partial charge in [0.15, 0.2) is 0 Å². The molecule has 0 saturated heterocycles. The van der Waals surface area contributed by atoms with Crippen LogP contribution in [0.1, 0.15) is 37.7 Å². The lowest BCUT2D eigenvalue weighted by Crippen LogP contribution is -2.43. The van der Waals surface area contributed by atoms with Gasteiger partial charge in [0.1, 0.15) is 5.75 Å². The van der Waals surface area contributed by atoms with Crippen molar-refractivity contribution in [2.24, 2.45) is 23.7 Å². The highest BCUT2D eigenvalue weighted by molar-refractivity contribution is 5.30. The van der Waals surface area contributed by atoms with Crippen LogP contribution in [0.5, 0.6) is 5.75 Å². The highest BCUT2D eigenvalue weighted by Gasteiger charge is 2.59. The third-order valence-electron chi connectivity index (χ3n) is 6.25. The fourth-order valence-corrected chi connectivity index (χ4v) is 5.58. The summed E-state index contributed by atoms with van der Waals surface area (Å²) in [5, 5.41) is 11.2. The zero-order valence-electron chi connectivity index (χ0n) is 12.2. The minimum Gasteiger partial charge on any atom is -0.497 e. The molecule has 3 aliphatic carbocycles. The molecule has 5 unspecified atom stereocenters. The standard InChI is InChI=1S/C18H24O2/c1-20-14-5-2-4-12(8-14)10-18(19)11-13-9-17(18)16-7-3-6-15(13)16/h2,4-5,8,13,15-17,19H,3,6-7,9-11H2,1H3. The lowest BCUT2D eigenvalue weighted by atomic mass is 9.71. The molecule has 2 nitrogen and oxygen atoms in total. The first-order valence-electron chi connectivity index (χ1n) is 8.05. The minimum atomic E-state index is -0.456. The Bertz CT molecular complexity index is 512. The fourth-order valence-electron chi connectivity index (χ4n) is 5.58. The van der Waals surface area contributed by atoms with Gasteiger partial charge >= 0.3 is 0 Å². The Morgan fingerprint density at radius 2 is 2.15 bits per heavy atom. The summed E-state index contributed by atoms with van der Waals surface area (Å²) in [7, 11) is 1.70. The van der Waals surface area contributed by atoms with Gasteiger partial charge in [0.2, 0.25) is 0 Å². The van der Waals surface area contributed by atoms with E-state index in [-0.39, 0.29) is 0 Å². The van der Waals surface area contributed by atoms with E-state index in [1.54, 1.807) is 7.11 Å². The lowest BCUT2D eigenvalue weighted by Gasteiger charge is -2.39. The van der Waals surface area contributed by atoms with Crippen LogP contribution < -0.4 is 4.74 Å². The number of fused-ring (bicyclic) bond motifs is 5. The van der Waals surface area contributed by atoms with Gasteiger partial charge in [-0.25, -0.2) is 0 Å². The van der Waals surface area contributed by atoms with Crippen LogP contribution in [0, 0.1) is 23.7 Å². The molecule has 20 heavy (non-hydrogen) atoms. The van der Waals surface area contributed by atoms with E-state index in [0.717, 1.165) is 36.3 Å². The molecule has 108 valence electrons. The molecule has 2 heteroatoms. The molecule has 1 aromatic carbocycles. The van der Waals surface area contributed by atoms with Crippen molar-refractivity contribution in [2.75, 3.05) is 7.11 Å². The minimum absolute atomic E-state index is 0.456. The maximum absolute atomic E-state index is 11.2. The number of ether oxygens (including phenoxy) is 1. The number of benzene rings is 1. The molecule has 0 radical (unpaired) electrons. The van der Waals surface area contributed by atoms with Crippen LogP contribution in [0.3, 0.4) is 0 Å². The number of aliphatic hydroxyl groups is 1. The molecule has 1 aromatic rings. The smallest absolute Gasteiger partial charge is 0.119 e. The Morgan fingerprint density at radius 1 is 1.30 bits per heavy atom. The van der Waals surface area contributed by atoms with Gasteiger partial charge in [-0.05, 0) is 67.1 Å². The maximum atomic E-state index is 11.2. The van der Waals surface area contributed by atoms with Crippen molar-refractivity contribution < 1.29 is 9.84 Å². The predicted molar refractivity (Wildman–Crippen MR) is 78.7 cm³/mol. The third kappa shape index (κ3) is 1.81. The Kier molecular flexibility index (Phi) is 2.85. The zero-order chi connectivity index (χ0) is 13.7. The molecule has 0 aliphatic heterocycles. The summed E-state index contributed by atoms with van der Waals surface area (Å²) in [6.45, 7) is 0. The highest BCUT2D eigenvalue weighted by atomic mass is 16.5. The summed E-state index contributed by atoms with van der Waals surface area (Å²) >= 11 is 0. The summed E-state index contributed by atoms with van der Waals surface area (Å²) < 4.78 is 5.30. The number of hydrogen-bond acceptors (Lipinski definition) is 2. The summed E-state index contributed by atoms with van der Waals surface area (Å²) in [6, 6.07) is 8.21. The molecule has 3 aliphatic rings. The topological polar surface area (TPSA) is 29.5 Å². The van der Waals surface area contributed by atoms with Crippen molar-refractivity contribution in [3.63, 3.8) is 0 Å².